The van der Waals surface area contributed by atoms with E-state index >= 15 is 0 Å². The summed E-state index contributed by atoms with van der Waals surface area (Å²) in [6.45, 7) is 4.32. The van der Waals surface area contributed by atoms with Gasteiger partial charge in [-0.1, -0.05) is 26.0 Å². The lowest BCUT2D eigenvalue weighted by molar-refractivity contribution is -0.128. The van der Waals surface area contributed by atoms with Gasteiger partial charge in [-0.3, -0.25) is 9.69 Å². The van der Waals surface area contributed by atoms with Crippen LogP contribution in [0.3, 0.4) is 0 Å². The van der Waals surface area contributed by atoms with Gasteiger partial charge in [0.2, 0.25) is 0 Å². The molecule has 0 spiro atoms. The summed E-state index contributed by atoms with van der Waals surface area (Å²) in [5.74, 6) is 0.217. The highest BCUT2D eigenvalue weighted by atomic mass is 32.1. The molecule has 0 aliphatic carbocycles. The molecular weight excluding hydrogens is 286 g/mol. The summed E-state index contributed by atoms with van der Waals surface area (Å²) >= 11 is 1.52. The first-order chi connectivity index (χ1) is 10.0. The number of carbonyl (C=O) groups excluding carboxylic acids is 2. The summed E-state index contributed by atoms with van der Waals surface area (Å²) in [6, 6.07) is 7.10. The van der Waals surface area contributed by atoms with Crippen LogP contribution in [-0.4, -0.2) is 27.9 Å². The van der Waals surface area contributed by atoms with Crippen molar-refractivity contribution >= 4 is 33.5 Å². The summed E-state index contributed by atoms with van der Waals surface area (Å²) in [5, 5.41) is 3.54. The monoisotopic (exact) mass is 303 g/mol. The van der Waals surface area contributed by atoms with Gasteiger partial charge in [-0.25, -0.2) is 9.78 Å². The van der Waals surface area contributed by atoms with Gasteiger partial charge in [-0.15, -0.1) is 11.3 Å². The van der Waals surface area contributed by atoms with Gasteiger partial charge in [0.25, 0.3) is 5.91 Å². The number of para-hydroxylation sites is 1. The third-order valence-electron chi connectivity index (χ3n) is 3.45. The predicted octanol–water partition coefficient (Wildman–Crippen LogP) is 2.76. The Morgan fingerprint density at radius 1 is 1.33 bits per heavy atom. The SMILES string of the molecule is CC(C)C[C@H]1NC(=O)N(Cc2nc3ccccc3s2)C1=O. The molecule has 1 saturated heterocycles. The zero-order valence-corrected chi connectivity index (χ0v) is 12.8. The largest absolute Gasteiger partial charge is 0.326 e. The molecule has 110 valence electrons. The van der Waals surface area contributed by atoms with E-state index in [1.807, 2.05) is 38.1 Å². The molecule has 3 amide bonds. The van der Waals surface area contributed by atoms with Crippen molar-refractivity contribution in [1.29, 1.82) is 0 Å². The number of aromatic nitrogens is 1. The fourth-order valence-electron chi connectivity index (χ4n) is 2.48. The Labute approximate surface area is 127 Å². The number of hydrogen-bond donors (Lipinski definition) is 1. The van der Waals surface area contributed by atoms with E-state index in [9.17, 15) is 9.59 Å². The topological polar surface area (TPSA) is 62.3 Å². The number of carbonyl (C=O) groups is 2. The normalized spacial score (nSPS) is 18.8. The molecule has 3 rings (SSSR count). The van der Waals surface area contributed by atoms with E-state index in [0.29, 0.717) is 12.3 Å². The van der Waals surface area contributed by atoms with Gasteiger partial charge in [-0.2, -0.15) is 0 Å². The number of hydrogen-bond acceptors (Lipinski definition) is 4. The maximum Gasteiger partial charge on any atom is 0.325 e. The van der Waals surface area contributed by atoms with Crippen LogP contribution >= 0.6 is 11.3 Å². The van der Waals surface area contributed by atoms with Crippen LogP contribution < -0.4 is 5.32 Å². The summed E-state index contributed by atoms with van der Waals surface area (Å²) in [6.07, 6.45) is 0.668. The molecule has 1 aromatic heterocycles. The highest BCUT2D eigenvalue weighted by Crippen LogP contribution is 2.24. The lowest BCUT2D eigenvalue weighted by atomic mass is 10.0. The zero-order chi connectivity index (χ0) is 15.0. The predicted molar refractivity (Wildman–Crippen MR) is 81.9 cm³/mol. The molecule has 1 fully saturated rings. The lowest BCUT2D eigenvalue weighted by Gasteiger charge is -2.12. The third kappa shape index (κ3) is 2.76. The number of fused-ring (bicyclic) bond motifs is 1. The van der Waals surface area contributed by atoms with Gasteiger partial charge in [-0.05, 0) is 24.5 Å². The van der Waals surface area contributed by atoms with E-state index in [2.05, 4.69) is 10.3 Å². The Morgan fingerprint density at radius 2 is 2.10 bits per heavy atom. The van der Waals surface area contributed by atoms with E-state index in [1.165, 1.54) is 16.2 Å². The molecule has 0 radical (unpaired) electrons. The minimum absolute atomic E-state index is 0.145. The van der Waals surface area contributed by atoms with E-state index in [-0.39, 0.29) is 18.5 Å². The number of rotatable bonds is 4. The zero-order valence-electron chi connectivity index (χ0n) is 12.0. The van der Waals surface area contributed by atoms with Crippen LogP contribution in [0.25, 0.3) is 10.2 Å². The molecule has 0 unspecified atom stereocenters. The van der Waals surface area contributed by atoms with Gasteiger partial charge in [0.1, 0.15) is 11.0 Å². The smallest absolute Gasteiger partial charge is 0.325 e. The summed E-state index contributed by atoms with van der Waals surface area (Å²) in [4.78, 5) is 30.0. The van der Waals surface area contributed by atoms with Gasteiger partial charge in [0.05, 0.1) is 16.8 Å². The molecule has 0 bridgehead atoms. The maximum atomic E-state index is 12.3. The second kappa shape index (κ2) is 5.44. The van der Waals surface area contributed by atoms with Crippen LogP contribution in [0.15, 0.2) is 24.3 Å². The second-order valence-corrected chi connectivity index (χ2v) is 6.75. The minimum Gasteiger partial charge on any atom is -0.326 e. The summed E-state index contributed by atoms with van der Waals surface area (Å²) in [7, 11) is 0. The van der Waals surface area contributed by atoms with E-state index in [0.717, 1.165) is 15.2 Å². The van der Waals surface area contributed by atoms with E-state index in [4.69, 9.17) is 0 Å². The molecule has 21 heavy (non-hydrogen) atoms. The average Bonchev–Trinajstić information content (AvgIpc) is 2.94. The van der Waals surface area contributed by atoms with Crippen LogP contribution in [0.2, 0.25) is 0 Å². The summed E-state index contributed by atoms with van der Waals surface area (Å²) in [5.41, 5.74) is 0.906. The van der Waals surface area contributed by atoms with Crippen molar-refractivity contribution < 1.29 is 9.59 Å². The Kier molecular flexibility index (Phi) is 3.63. The first-order valence-corrected chi connectivity index (χ1v) is 7.82. The molecule has 1 N–H and O–H groups in total. The van der Waals surface area contributed by atoms with Crippen molar-refractivity contribution in [3.8, 4) is 0 Å². The molecule has 1 aliphatic rings. The number of nitrogens with zero attached hydrogens (tertiary/aromatic N) is 2. The number of thiazole rings is 1. The quantitative estimate of drug-likeness (QED) is 0.883. The van der Waals surface area contributed by atoms with Crippen molar-refractivity contribution in [3.63, 3.8) is 0 Å². The molecule has 0 saturated carbocycles. The van der Waals surface area contributed by atoms with Crippen molar-refractivity contribution in [3.05, 3.63) is 29.3 Å². The Hall–Kier alpha value is -1.95. The number of benzene rings is 1. The first kappa shape index (κ1) is 14.0. The van der Waals surface area contributed by atoms with E-state index < -0.39 is 6.04 Å². The van der Waals surface area contributed by atoms with Crippen molar-refractivity contribution in [2.45, 2.75) is 32.9 Å². The maximum absolute atomic E-state index is 12.3. The standard InChI is InChI=1S/C15H17N3O2S/c1-9(2)7-11-14(19)18(15(20)17-11)8-13-16-10-5-3-4-6-12(10)21-13/h3-6,9,11H,7-8H2,1-2H3,(H,17,20)/t11-/m1/s1. The third-order valence-corrected chi connectivity index (χ3v) is 4.47. The number of amides is 3. The first-order valence-electron chi connectivity index (χ1n) is 7.01. The van der Waals surface area contributed by atoms with Gasteiger partial charge in [0, 0.05) is 0 Å². The Bertz CT molecular complexity index is 662. The van der Waals surface area contributed by atoms with Crippen molar-refractivity contribution in [1.82, 2.24) is 15.2 Å². The lowest BCUT2D eigenvalue weighted by Crippen LogP contribution is -2.31. The number of imide groups is 1. The van der Waals surface area contributed by atoms with Crippen LogP contribution in [0.4, 0.5) is 4.79 Å². The molecule has 2 heterocycles. The van der Waals surface area contributed by atoms with Crippen molar-refractivity contribution in [2.75, 3.05) is 0 Å². The fraction of sp³-hybridized carbons (Fsp3) is 0.400. The minimum atomic E-state index is -0.396. The number of nitrogens with one attached hydrogen (secondary N) is 1. The van der Waals surface area contributed by atoms with Gasteiger partial charge < -0.3 is 5.32 Å². The highest BCUT2D eigenvalue weighted by Gasteiger charge is 2.38. The van der Waals surface area contributed by atoms with Crippen LogP contribution in [0.1, 0.15) is 25.3 Å². The van der Waals surface area contributed by atoms with Crippen molar-refractivity contribution in [2.24, 2.45) is 5.92 Å². The van der Waals surface area contributed by atoms with Crippen LogP contribution in [0, 0.1) is 5.92 Å². The van der Waals surface area contributed by atoms with Gasteiger partial charge >= 0.3 is 6.03 Å². The summed E-state index contributed by atoms with van der Waals surface area (Å²) < 4.78 is 1.07. The second-order valence-electron chi connectivity index (χ2n) is 5.63. The van der Waals surface area contributed by atoms with Crippen LogP contribution in [-0.2, 0) is 11.3 Å². The average molecular weight is 303 g/mol. The molecule has 1 atom stereocenters. The fourth-order valence-corrected chi connectivity index (χ4v) is 3.44. The Balaban J connectivity index is 1.77. The Morgan fingerprint density at radius 3 is 2.81 bits per heavy atom. The molecule has 1 aromatic carbocycles. The molecular formula is C15H17N3O2S. The van der Waals surface area contributed by atoms with Gasteiger partial charge in [0.15, 0.2) is 0 Å². The molecule has 5 nitrogen and oxygen atoms in total. The van der Waals surface area contributed by atoms with E-state index in [1.54, 1.807) is 0 Å². The highest BCUT2D eigenvalue weighted by molar-refractivity contribution is 7.18. The van der Waals surface area contributed by atoms with Crippen LogP contribution in [0.5, 0.6) is 0 Å². The number of urea groups is 1. The molecule has 1 aliphatic heterocycles. The molecule has 6 heteroatoms. The molecule has 2 aromatic rings.